The van der Waals surface area contributed by atoms with Gasteiger partial charge >= 0.3 is 0 Å². The van der Waals surface area contributed by atoms with Crippen molar-refractivity contribution >= 4 is 22.7 Å². The number of nitrogens with zero attached hydrogens (tertiary/aromatic N) is 4. The summed E-state index contributed by atoms with van der Waals surface area (Å²) in [4.78, 5) is 20.5. The molecule has 2 aromatic heterocycles. The molecule has 7 heteroatoms. The third-order valence-electron chi connectivity index (χ3n) is 4.83. The first-order valence-corrected chi connectivity index (χ1v) is 10.7. The van der Waals surface area contributed by atoms with Crippen molar-refractivity contribution in [2.45, 2.75) is 46.1 Å². The van der Waals surface area contributed by atoms with E-state index in [0.717, 1.165) is 34.6 Å². The van der Waals surface area contributed by atoms with Gasteiger partial charge in [0.25, 0.3) is 5.69 Å². The van der Waals surface area contributed by atoms with E-state index in [-0.39, 0.29) is 16.7 Å². The standard InChI is InChI=1S/C22H26N4O2S/c1-16(2)6-4-7-17(3)25-21(18-9-11-20(12-10-18)26(27)28)15-29-22(25)24-19-8-5-13-23-14-19/h5,8-17H,4,6-7H2,1-3H3. The Kier molecular flexibility index (Phi) is 6.93. The fourth-order valence-electron chi connectivity index (χ4n) is 3.27. The molecular formula is C22H26N4O2S. The fraction of sp³-hybridized carbons (Fsp3) is 0.364. The van der Waals surface area contributed by atoms with E-state index in [1.165, 1.54) is 6.42 Å². The highest BCUT2D eigenvalue weighted by atomic mass is 32.1. The molecule has 0 fully saturated rings. The average Bonchev–Trinajstić information content (AvgIpc) is 3.12. The lowest BCUT2D eigenvalue weighted by Crippen LogP contribution is -2.20. The summed E-state index contributed by atoms with van der Waals surface area (Å²) in [5.74, 6) is 0.684. The summed E-state index contributed by atoms with van der Waals surface area (Å²) < 4.78 is 2.25. The molecule has 0 bridgehead atoms. The summed E-state index contributed by atoms with van der Waals surface area (Å²) >= 11 is 1.58. The fourth-order valence-corrected chi connectivity index (χ4v) is 4.29. The minimum atomic E-state index is -0.372. The van der Waals surface area contributed by atoms with Gasteiger partial charge in [0.05, 0.1) is 22.5 Å². The van der Waals surface area contributed by atoms with Gasteiger partial charge in [-0.05, 0) is 49.1 Å². The molecule has 0 aliphatic rings. The summed E-state index contributed by atoms with van der Waals surface area (Å²) in [6.07, 6.45) is 6.87. The molecule has 0 spiro atoms. The van der Waals surface area contributed by atoms with Crippen LogP contribution in [0.15, 0.2) is 59.2 Å². The van der Waals surface area contributed by atoms with E-state index in [1.54, 1.807) is 35.9 Å². The smallest absolute Gasteiger partial charge is 0.269 e. The zero-order valence-electron chi connectivity index (χ0n) is 17.0. The molecule has 0 saturated carbocycles. The van der Waals surface area contributed by atoms with E-state index in [0.29, 0.717) is 5.92 Å². The van der Waals surface area contributed by atoms with Crippen molar-refractivity contribution in [3.8, 4) is 11.3 Å². The Labute approximate surface area is 174 Å². The maximum atomic E-state index is 11.0. The molecule has 0 radical (unpaired) electrons. The first-order valence-electron chi connectivity index (χ1n) is 9.85. The zero-order chi connectivity index (χ0) is 20.8. The van der Waals surface area contributed by atoms with Crippen LogP contribution >= 0.6 is 11.3 Å². The third kappa shape index (κ3) is 5.38. The average molecular weight is 411 g/mol. The number of aromatic nitrogens is 2. The molecular weight excluding hydrogens is 384 g/mol. The van der Waals surface area contributed by atoms with Crippen LogP contribution in [0.4, 0.5) is 11.4 Å². The second-order valence-corrected chi connectivity index (χ2v) is 8.41. The molecule has 0 N–H and O–H groups in total. The monoisotopic (exact) mass is 410 g/mol. The summed E-state index contributed by atoms with van der Waals surface area (Å²) in [6, 6.07) is 10.8. The van der Waals surface area contributed by atoms with Gasteiger partial charge < -0.3 is 4.57 Å². The van der Waals surface area contributed by atoms with E-state index in [2.05, 4.69) is 35.7 Å². The zero-order valence-corrected chi connectivity index (χ0v) is 17.8. The van der Waals surface area contributed by atoms with Gasteiger partial charge in [-0.25, -0.2) is 4.99 Å². The Balaban J connectivity index is 2.01. The van der Waals surface area contributed by atoms with Crippen molar-refractivity contribution in [3.63, 3.8) is 0 Å². The minimum Gasteiger partial charge on any atom is -0.314 e. The molecule has 6 nitrogen and oxygen atoms in total. The number of hydrogen-bond donors (Lipinski definition) is 0. The molecule has 0 amide bonds. The van der Waals surface area contributed by atoms with Gasteiger partial charge in [-0.2, -0.15) is 0 Å². The van der Waals surface area contributed by atoms with Crippen LogP contribution in [0.2, 0.25) is 0 Å². The first kappa shape index (κ1) is 20.9. The van der Waals surface area contributed by atoms with Gasteiger partial charge in [-0.15, -0.1) is 11.3 Å². The van der Waals surface area contributed by atoms with Crippen molar-refractivity contribution in [3.05, 3.63) is 69.1 Å². The van der Waals surface area contributed by atoms with Gasteiger partial charge in [-0.1, -0.05) is 26.7 Å². The van der Waals surface area contributed by atoms with Crippen LogP contribution in [0.25, 0.3) is 11.3 Å². The normalized spacial score (nSPS) is 13.0. The minimum absolute atomic E-state index is 0.0979. The van der Waals surface area contributed by atoms with Crippen LogP contribution in [0.3, 0.4) is 0 Å². The SMILES string of the molecule is CC(C)CCCC(C)n1c(-c2ccc([N+](=O)[O-])cc2)csc1=Nc1cccnc1. The maximum absolute atomic E-state index is 11.0. The molecule has 0 aliphatic carbocycles. The summed E-state index contributed by atoms with van der Waals surface area (Å²) in [7, 11) is 0. The highest BCUT2D eigenvalue weighted by Crippen LogP contribution is 2.28. The topological polar surface area (TPSA) is 73.3 Å². The van der Waals surface area contributed by atoms with Crippen molar-refractivity contribution in [2.24, 2.45) is 10.9 Å². The highest BCUT2D eigenvalue weighted by molar-refractivity contribution is 7.07. The van der Waals surface area contributed by atoms with Crippen molar-refractivity contribution in [1.82, 2.24) is 9.55 Å². The number of rotatable bonds is 8. The number of hydrogen-bond acceptors (Lipinski definition) is 5. The van der Waals surface area contributed by atoms with Crippen LogP contribution in [-0.2, 0) is 0 Å². The van der Waals surface area contributed by atoms with Crippen LogP contribution in [0.1, 0.15) is 46.1 Å². The molecule has 0 saturated heterocycles. The van der Waals surface area contributed by atoms with Crippen molar-refractivity contribution in [1.29, 1.82) is 0 Å². The van der Waals surface area contributed by atoms with Gasteiger partial charge in [0.1, 0.15) is 0 Å². The molecule has 152 valence electrons. The van der Waals surface area contributed by atoms with E-state index in [9.17, 15) is 10.1 Å². The van der Waals surface area contributed by atoms with Crippen molar-refractivity contribution in [2.75, 3.05) is 0 Å². The first-order chi connectivity index (χ1) is 14.0. The lowest BCUT2D eigenvalue weighted by Gasteiger charge is -2.18. The van der Waals surface area contributed by atoms with Crippen LogP contribution in [-0.4, -0.2) is 14.5 Å². The van der Waals surface area contributed by atoms with Gasteiger partial charge in [0, 0.05) is 29.8 Å². The molecule has 3 rings (SSSR count). The second-order valence-electron chi connectivity index (χ2n) is 7.57. The summed E-state index contributed by atoms with van der Waals surface area (Å²) in [5.41, 5.74) is 2.90. The number of nitro benzene ring substituents is 1. The van der Waals surface area contributed by atoms with Gasteiger partial charge in [0.15, 0.2) is 4.80 Å². The number of thiazole rings is 1. The van der Waals surface area contributed by atoms with Crippen LogP contribution in [0.5, 0.6) is 0 Å². The van der Waals surface area contributed by atoms with E-state index in [4.69, 9.17) is 4.99 Å². The predicted molar refractivity (Wildman–Crippen MR) is 117 cm³/mol. The Morgan fingerprint density at radius 2 is 1.93 bits per heavy atom. The third-order valence-corrected chi connectivity index (χ3v) is 5.67. The number of nitro groups is 1. The van der Waals surface area contributed by atoms with Gasteiger partial charge in [-0.3, -0.25) is 15.1 Å². The summed E-state index contributed by atoms with van der Waals surface area (Å²) in [6.45, 7) is 6.70. The molecule has 1 aromatic carbocycles. The van der Waals surface area contributed by atoms with Crippen molar-refractivity contribution < 1.29 is 4.92 Å². The summed E-state index contributed by atoms with van der Waals surface area (Å²) in [5, 5.41) is 13.1. The number of pyridine rings is 1. The second kappa shape index (κ2) is 9.60. The van der Waals surface area contributed by atoms with Gasteiger partial charge in [0.2, 0.25) is 0 Å². The molecule has 0 aliphatic heterocycles. The van der Waals surface area contributed by atoms with E-state index in [1.807, 2.05) is 24.3 Å². The van der Waals surface area contributed by atoms with E-state index >= 15 is 0 Å². The lowest BCUT2D eigenvalue weighted by molar-refractivity contribution is -0.384. The Morgan fingerprint density at radius 3 is 2.55 bits per heavy atom. The highest BCUT2D eigenvalue weighted by Gasteiger charge is 2.15. The molecule has 3 aromatic rings. The maximum Gasteiger partial charge on any atom is 0.269 e. The predicted octanol–water partition coefficient (Wildman–Crippen LogP) is 6.14. The largest absolute Gasteiger partial charge is 0.314 e. The van der Waals surface area contributed by atoms with Crippen LogP contribution < -0.4 is 4.80 Å². The lowest BCUT2D eigenvalue weighted by atomic mass is 10.0. The van der Waals surface area contributed by atoms with E-state index < -0.39 is 0 Å². The quantitative estimate of drug-likeness (QED) is 0.331. The molecule has 29 heavy (non-hydrogen) atoms. The Morgan fingerprint density at radius 1 is 1.17 bits per heavy atom. The molecule has 2 heterocycles. The Bertz CT molecular complexity index is 1010. The van der Waals surface area contributed by atoms with Crippen LogP contribution in [0, 0.1) is 16.0 Å². The number of non-ortho nitro benzene ring substituents is 1. The molecule has 1 unspecified atom stereocenters. The Hall–Kier alpha value is -2.80. The number of benzene rings is 1. The molecule has 1 atom stereocenters.